The SMILES string of the molecule is COc1cc(O)c(C2C3=CCn4c(=O)n(CCc5nc6cc(OC)c(OC)cc6n(C)c5=O)c(=O)n4C3CC3(Cl)C(=O)C(Cl)=C(Cl)C(=O)C23Cl)c(OC)c1. The highest BCUT2D eigenvalue weighted by molar-refractivity contribution is 6.66. The van der Waals surface area contributed by atoms with E-state index in [9.17, 15) is 29.1 Å². The number of ketones is 2. The highest BCUT2D eigenvalue weighted by atomic mass is 35.5. The molecule has 0 radical (unpaired) electrons. The number of fused-ring (bicyclic) bond motifs is 5. The molecular weight excluding hydrogens is 792 g/mol. The predicted octanol–water partition coefficient (Wildman–Crippen LogP) is 3.51. The molecule has 3 aliphatic rings. The number of benzene rings is 2. The Morgan fingerprint density at radius 3 is 2.17 bits per heavy atom. The molecular formula is C35H31Cl4N5O10. The van der Waals surface area contributed by atoms with E-state index in [-0.39, 0.29) is 47.8 Å². The van der Waals surface area contributed by atoms with Gasteiger partial charge in [0.2, 0.25) is 0 Å². The molecule has 7 rings (SSSR count). The van der Waals surface area contributed by atoms with Gasteiger partial charge < -0.3 is 28.6 Å². The fourth-order valence-corrected chi connectivity index (χ4v) is 9.29. The summed E-state index contributed by atoms with van der Waals surface area (Å²) in [5, 5.41) is 10.1. The summed E-state index contributed by atoms with van der Waals surface area (Å²) in [4.78, 5) is 69.5. The van der Waals surface area contributed by atoms with Gasteiger partial charge in [0.05, 0.1) is 52.1 Å². The van der Waals surface area contributed by atoms with Crippen LogP contribution in [0.3, 0.4) is 0 Å². The first-order valence-corrected chi connectivity index (χ1v) is 17.8. The molecule has 3 heterocycles. The fraction of sp³-hybridized carbons (Fsp3) is 0.371. The predicted molar refractivity (Wildman–Crippen MR) is 198 cm³/mol. The van der Waals surface area contributed by atoms with E-state index in [4.69, 9.17) is 65.4 Å². The molecule has 15 nitrogen and oxygen atoms in total. The van der Waals surface area contributed by atoms with E-state index >= 15 is 0 Å². The smallest absolute Gasteiger partial charge is 0.347 e. The molecule has 2 aliphatic carbocycles. The molecule has 1 aliphatic heterocycles. The third-order valence-corrected chi connectivity index (χ3v) is 12.7. The number of alkyl halides is 2. The first-order chi connectivity index (χ1) is 25.6. The summed E-state index contributed by atoms with van der Waals surface area (Å²) in [6.45, 7) is -0.438. The molecule has 4 aromatic rings. The number of carbonyl (C=O) groups is 2. The lowest BCUT2D eigenvalue weighted by atomic mass is 9.59. The second kappa shape index (κ2) is 13.3. The third-order valence-electron chi connectivity index (χ3n) is 10.4. The van der Waals surface area contributed by atoms with E-state index < -0.39 is 72.4 Å². The number of rotatable bonds is 8. The number of ether oxygens (including phenoxy) is 4. The normalized spacial score (nSPS) is 23.5. The van der Waals surface area contributed by atoms with Crippen molar-refractivity contribution in [3.05, 3.63) is 88.6 Å². The van der Waals surface area contributed by atoms with Gasteiger partial charge in [0, 0.05) is 62.2 Å². The van der Waals surface area contributed by atoms with Crippen LogP contribution in [-0.4, -0.2) is 78.3 Å². The van der Waals surface area contributed by atoms with Crippen LogP contribution in [0.1, 0.15) is 29.6 Å². The molecule has 284 valence electrons. The van der Waals surface area contributed by atoms with Crippen LogP contribution in [0.4, 0.5) is 0 Å². The molecule has 1 N–H and O–H groups in total. The minimum atomic E-state index is -2.40. The van der Waals surface area contributed by atoms with E-state index in [0.717, 1.165) is 13.9 Å². The lowest BCUT2D eigenvalue weighted by Crippen LogP contribution is -2.67. The number of aromatic hydroxyl groups is 1. The van der Waals surface area contributed by atoms with Gasteiger partial charge in [-0.2, -0.15) is 0 Å². The number of hydrogen-bond acceptors (Lipinski definition) is 11. The third kappa shape index (κ3) is 5.08. The number of nitrogens with zero attached hydrogens (tertiary/aromatic N) is 5. The topological polar surface area (TPSA) is 175 Å². The summed E-state index contributed by atoms with van der Waals surface area (Å²) in [6, 6.07) is 4.76. The van der Waals surface area contributed by atoms with Crippen molar-refractivity contribution >= 4 is 69.0 Å². The molecule has 0 amide bonds. The molecule has 19 heteroatoms. The Labute approximate surface area is 325 Å². The Hall–Kier alpha value is -4.70. The Balaban J connectivity index is 1.36. The number of methoxy groups -OCH3 is 4. The van der Waals surface area contributed by atoms with Gasteiger partial charge in [0.15, 0.2) is 23.1 Å². The number of phenols is 1. The number of carbonyl (C=O) groups excluding carboxylic acids is 2. The summed E-state index contributed by atoms with van der Waals surface area (Å²) in [5.74, 6) is -2.85. The van der Waals surface area contributed by atoms with Crippen LogP contribution in [0.15, 0.2) is 60.4 Å². The largest absolute Gasteiger partial charge is 0.507 e. The molecule has 2 aromatic carbocycles. The summed E-state index contributed by atoms with van der Waals surface area (Å²) in [7, 11) is 7.18. The van der Waals surface area contributed by atoms with Crippen LogP contribution in [0, 0.1) is 0 Å². The summed E-state index contributed by atoms with van der Waals surface area (Å²) in [6.07, 6.45) is 0.987. The lowest BCUT2D eigenvalue weighted by molar-refractivity contribution is -0.128. The van der Waals surface area contributed by atoms with Crippen LogP contribution in [0.2, 0.25) is 0 Å². The molecule has 4 atom stereocenters. The first-order valence-electron chi connectivity index (χ1n) is 16.3. The van der Waals surface area contributed by atoms with E-state index in [1.807, 2.05) is 0 Å². The van der Waals surface area contributed by atoms with Crippen molar-refractivity contribution in [3.8, 4) is 28.7 Å². The zero-order chi connectivity index (χ0) is 39.2. The van der Waals surface area contributed by atoms with Crippen molar-refractivity contribution in [2.45, 2.75) is 47.6 Å². The highest BCUT2D eigenvalue weighted by Crippen LogP contribution is 2.65. The second-order valence-electron chi connectivity index (χ2n) is 12.9. The quantitative estimate of drug-likeness (QED) is 0.204. The number of aromatic nitrogens is 5. The highest BCUT2D eigenvalue weighted by Gasteiger charge is 2.72. The average Bonchev–Trinajstić information content (AvgIpc) is 3.41. The van der Waals surface area contributed by atoms with Crippen LogP contribution in [0.5, 0.6) is 28.7 Å². The van der Waals surface area contributed by atoms with Crippen molar-refractivity contribution in [2.24, 2.45) is 7.05 Å². The Bertz CT molecular complexity index is 2570. The van der Waals surface area contributed by atoms with E-state index in [2.05, 4.69) is 4.98 Å². The fourth-order valence-electron chi connectivity index (χ4n) is 7.78. The number of allylic oxidation sites excluding steroid dienone is 4. The maximum absolute atomic E-state index is 14.3. The molecule has 54 heavy (non-hydrogen) atoms. The van der Waals surface area contributed by atoms with Crippen LogP contribution in [-0.2, 0) is 36.1 Å². The van der Waals surface area contributed by atoms with Crippen LogP contribution >= 0.6 is 46.4 Å². The van der Waals surface area contributed by atoms with Crippen molar-refractivity contribution < 1.29 is 33.6 Å². The van der Waals surface area contributed by atoms with E-state index in [1.54, 1.807) is 25.3 Å². The van der Waals surface area contributed by atoms with E-state index in [1.165, 1.54) is 45.1 Å². The van der Waals surface area contributed by atoms with Crippen molar-refractivity contribution in [1.82, 2.24) is 23.5 Å². The van der Waals surface area contributed by atoms with Gasteiger partial charge in [-0.25, -0.2) is 28.5 Å². The van der Waals surface area contributed by atoms with Gasteiger partial charge in [-0.3, -0.25) is 14.4 Å². The average molecular weight is 823 g/mol. The van der Waals surface area contributed by atoms with Crippen molar-refractivity contribution in [2.75, 3.05) is 28.4 Å². The molecule has 0 saturated heterocycles. The van der Waals surface area contributed by atoms with Crippen LogP contribution in [0.25, 0.3) is 11.0 Å². The maximum Gasteiger partial charge on any atom is 0.347 e. The minimum absolute atomic E-state index is 0.0165. The zero-order valence-electron chi connectivity index (χ0n) is 29.2. The number of phenolic OH excluding ortho intramolecular Hbond substituents is 1. The Kier molecular flexibility index (Phi) is 9.23. The van der Waals surface area contributed by atoms with Gasteiger partial charge >= 0.3 is 11.4 Å². The standard InChI is InChI=1S/C35H31Cl4N5O10/c1-41-19-13-23(53-4)22(52-3)12-18(19)40-17(31(41)48)7-8-42-32(49)43-9-6-16-20(44(43)33(42)50)14-34(38)29(46)27(36)28(37)30(47)35(34,39)26(16)25-21(45)10-15(51-2)11-24(25)54-5/h6,10-13,20,26,45H,7-9,14H2,1-5H3. The van der Waals surface area contributed by atoms with Crippen LogP contribution < -0.4 is 35.9 Å². The lowest BCUT2D eigenvalue weighted by Gasteiger charge is -2.54. The molecule has 0 bridgehead atoms. The second-order valence-corrected chi connectivity index (χ2v) is 14.9. The monoisotopic (exact) mass is 821 g/mol. The summed E-state index contributed by atoms with van der Waals surface area (Å²) >= 11 is 27.1. The maximum atomic E-state index is 14.3. The summed E-state index contributed by atoms with van der Waals surface area (Å²) < 4.78 is 26.3. The van der Waals surface area contributed by atoms with Gasteiger partial charge in [0.1, 0.15) is 42.8 Å². The number of aryl methyl sites for hydroxylation is 2. The minimum Gasteiger partial charge on any atom is -0.507 e. The van der Waals surface area contributed by atoms with E-state index in [0.29, 0.717) is 22.5 Å². The zero-order valence-corrected chi connectivity index (χ0v) is 32.3. The first kappa shape index (κ1) is 37.6. The van der Waals surface area contributed by atoms with Gasteiger partial charge in [-0.15, -0.1) is 23.2 Å². The Morgan fingerprint density at radius 2 is 1.52 bits per heavy atom. The molecule has 4 unspecified atom stereocenters. The molecule has 2 aromatic heterocycles. The number of halogens is 4. The van der Waals surface area contributed by atoms with Gasteiger partial charge in [-0.05, 0) is 5.57 Å². The summed E-state index contributed by atoms with van der Waals surface area (Å²) in [5.41, 5.74) is -0.787. The molecule has 0 spiro atoms. The number of hydrogen-bond donors (Lipinski definition) is 1. The van der Waals surface area contributed by atoms with Crippen molar-refractivity contribution in [1.29, 1.82) is 0 Å². The van der Waals surface area contributed by atoms with Gasteiger partial charge in [0.25, 0.3) is 5.56 Å². The van der Waals surface area contributed by atoms with Crippen molar-refractivity contribution in [3.63, 3.8) is 0 Å². The molecule has 1 fully saturated rings. The Morgan fingerprint density at radius 1 is 0.870 bits per heavy atom. The molecule has 1 saturated carbocycles. The number of Topliss-reactive ketones (excluding diaryl/α,β-unsaturated/α-hetero) is 2. The van der Waals surface area contributed by atoms with Gasteiger partial charge in [-0.1, -0.05) is 29.3 Å².